The number of aromatic nitrogens is 2. The smallest absolute Gasteiger partial charge is 0.274 e. The maximum Gasteiger partial charge on any atom is 0.274 e. The Labute approximate surface area is 137 Å². The van der Waals surface area contributed by atoms with Crippen LogP contribution in [0.15, 0.2) is 53.3 Å². The average molecular weight is 325 g/mol. The van der Waals surface area contributed by atoms with E-state index >= 15 is 0 Å². The van der Waals surface area contributed by atoms with E-state index in [4.69, 9.17) is 0 Å². The molecule has 0 aliphatic carbocycles. The zero-order chi connectivity index (χ0) is 17.1. The van der Waals surface area contributed by atoms with Crippen LogP contribution in [0.4, 0.5) is 4.39 Å². The van der Waals surface area contributed by atoms with E-state index < -0.39 is 0 Å². The van der Waals surface area contributed by atoms with Gasteiger partial charge in [0.05, 0.1) is 5.39 Å². The Morgan fingerprint density at radius 1 is 1.17 bits per heavy atom. The first-order chi connectivity index (χ1) is 11.6. The van der Waals surface area contributed by atoms with Crippen LogP contribution in [-0.2, 0) is 13.5 Å². The monoisotopic (exact) mass is 325 g/mol. The molecule has 0 aliphatic heterocycles. The molecule has 0 spiro atoms. The van der Waals surface area contributed by atoms with Crippen LogP contribution >= 0.6 is 0 Å². The van der Waals surface area contributed by atoms with Crippen LogP contribution in [-0.4, -0.2) is 22.2 Å². The van der Waals surface area contributed by atoms with Gasteiger partial charge in [-0.05, 0) is 30.2 Å². The van der Waals surface area contributed by atoms with Gasteiger partial charge >= 0.3 is 0 Å². The van der Waals surface area contributed by atoms with Crippen LogP contribution in [0.5, 0.6) is 0 Å². The molecule has 1 heterocycles. The summed E-state index contributed by atoms with van der Waals surface area (Å²) >= 11 is 0. The predicted octanol–water partition coefficient (Wildman–Crippen LogP) is 2.05. The zero-order valence-corrected chi connectivity index (χ0v) is 13.1. The number of amides is 1. The lowest BCUT2D eigenvalue weighted by atomic mass is 10.1. The Morgan fingerprint density at radius 2 is 1.92 bits per heavy atom. The van der Waals surface area contributed by atoms with Crippen LogP contribution in [0.25, 0.3) is 10.8 Å². The molecule has 5 nitrogen and oxygen atoms in total. The SMILES string of the molecule is Cn1nc(C(=O)NCCc2cccc(F)c2)c2ccccc2c1=O. The second kappa shape index (κ2) is 6.62. The number of hydrogen-bond acceptors (Lipinski definition) is 3. The molecule has 0 unspecified atom stereocenters. The minimum absolute atomic E-state index is 0.201. The second-order valence-electron chi connectivity index (χ2n) is 5.46. The summed E-state index contributed by atoms with van der Waals surface area (Å²) in [5, 5.41) is 7.81. The summed E-state index contributed by atoms with van der Waals surface area (Å²) in [4.78, 5) is 24.5. The summed E-state index contributed by atoms with van der Waals surface area (Å²) in [7, 11) is 1.51. The Bertz CT molecular complexity index is 966. The van der Waals surface area contributed by atoms with Crippen molar-refractivity contribution in [2.75, 3.05) is 6.54 Å². The van der Waals surface area contributed by atoms with Crippen molar-refractivity contribution in [2.24, 2.45) is 7.05 Å². The summed E-state index contributed by atoms with van der Waals surface area (Å²) < 4.78 is 14.3. The first-order valence-corrected chi connectivity index (χ1v) is 7.55. The van der Waals surface area contributed by atoms with Crippen LogP contribution in [0, 0.1) is 5.82 Å². The molecule has 3 rings (SSSR count). The number of halogens is 1. The number of nitrogens with one attached hydrogen (secondary N) is 1. The number of carbonyl (C=O) groups excluding carboxylic acids is 1. The van der Waals surface area contributed by atoms with E-state index in [1.54, 1.807) is 36.4 Å². The molecule has 3 aromatic rings. The minimum Gasteiger partial charge on any atom is -0.350 e. The molecular weight excluding hydrogens is 309 g/mol. The van der Waals surface area contributed by atoms with E-state index in [1.807, 2.05) is 0 Å². The van der Waals surface area contributed by atoms with E-state index in [9.17, 15) is 14.0 Å². The molecule has 1 amide bonds. The van der Waals surface area contributed by atoms with Gasteiger partial charge in [-0.2, -0.15) is 5.10 Å². The van der Waals surface area contributed by atoms with Crippen LogP contribution in [0.3, 0.4) is 0 Å². The molecule has 0 atom stereocenters. The van der Waals surface area contributed by atoms with E-state index in [0.717, 1.165) is 10.2 Å². The quantitative estimate of drug-likeness (QED) is 0.798. The molecule has 2 aromatic carbocycles. The molecule has 24 heavy (non-hydrogen) atoms. The number of rotatable bonds is 4. The summed E-state index contributed by atoms with van der Waals surface area (Å²) in [5.41, 5.74) is 0.752. The van der Waals surface area contributed by atoms with Crippen LogP contribution in [0.1, 0.15) is 16.1 Å². The van der Waals surface area contributed by atoms with Gasteiger partial charge in [-0.15, -0.1) is 0 Å². The molecule has 0 saturated carbocycles. The normalized spacial score (nSPS) is 10.8. The molecule has 0 fully saturated rings. The summed E-state index contributed by atoms with van der Waals surface area (Å²) in [6.45, 7) is 0.348. The van der Waals surface area contributed by atoms with Crippen molar-refractivity contribution < 1.29 is 9.18 Å². The van der Waals surface area contributed by atoms with Gasteiger partial charge in [0.15, 0.2) is 5.69 Å². The number of carbonyl (C=O) groups is 1. The third-order valence-corrected chi connectivity index (χ3v) is 3.76. The fourth-order valence-electron chi connectivity index (χ4n) is 2.56. The highest BCUT2D eigenvalue weighted by Crippen LogP contribution is 2.12. The lowest BCUT2D eigenvalue weighted by Gasteiger charge is -2.09. The lowest BCUT2D eigenvalue weighted by Crippen LogP contribution is -2.30. The third kappa shape index (κ3) is 3.17. The van der Waals surface area contributed by atoms with Gasteiger partial charge in [-0.3, -0.25) is 9.59 Å². The largest absolute Gasteiger partial charge is 0.350 e. The van der Waals surface area contributed by atoms with E-state index in [2.05, 4.69) is 10.4 Å². The molecule has 1 aromatic heterocycles. The Balaban J connectivity index is 1.79. The van der Waals surface area contributed by atoms with Crippen molar-refractivity contribution in [3.8, 4) is 0 Å². The number of fused-ring (bicyclic) bond motifs is 1. The zero-order valence-electron chi connectivity index (χ0n) is 13.1. The molecule has 0 saturated heterocycles. The van der Waals surface area contributed by atoms with Gasteiger partial charge in [-0.1, -0.05) is 30.3 Å². The van der Waals surface area contributed by atoms with Gasteiger partial charge in [0.1, 0.15) is 5.82 Å². The van der Waals surface area contributed by atoms with E-state index in [0.29, 0.717) is 23.7 Å². The molecule has 0 bridgehead atoms. The predicted molar refractivity (Wildman–Crippen MR) is 89.4 cm³/mol. The van der Waals surface area contributed by atoms with E-state index in [-0.39, 0.29) is 23.0 Å². The molecule has 6 heteroatoms. The van der Waals surface area contributed by atoms with Crippen molar-refractivity contribution in [3.05, 3.63) is 76.0 Å². The topological polar surface area (TPSA) is 64.0 Å². The van der Waals surface area contributed by atoms with Gasteiger partial charge < -0.3 is 5.32 Å². The van der Waals surface area contributed by atoms with Gasteiger partial charge in [0.2, 0.25) is 0 Å². The van der Waals surface area contributed by atoms with Crippen molar-refractivity contribution >= 4 is 16.7 Å². The Hall–Kier alpha value is -3.02. The van der Waals surface area contributed by atoms with Gasteiger partial charge in [0, 0.05) is 19.0 Å². The van der Waals surface area contributed by atoms with Crippen LogP contribution < -0.4 is 10.9 Å². The highest BCUT2D eigenvalue weighted by atomic mass is 19.1. The average Bonchev–Trinajstić information content (AvgIpc) is 2.58. The maximum absolute atomic E-state index is 13.1. The van der Waals surface area contributed by atoms with Crippen LogP contribution in [0.2, 0.25) is 0 Å². The number of aryl methyl sites for hydroxylation is 1. The lowest BCUT2D eigenvalue weighted by molar-refractivity contribution is 0.0949. The number of benzene rings is 2. The molecule has 122 valence electrons. The second-order valence-corrected chi connectivity index (χ2v) is 5.46. The molecular formula is C18H16FN3O2. The van der Waals surface area contributed by atoms with Crippen molar-refractivity contribution in [2.45, 2.75) is 6.42 Å². The van der Waals surface area contributed by atoms with Crippen molar-refractivity contribution in [1.29, 1.82) is 0 Å². The van der Waals surface area contributed by atoms with E-state index in [1.165, 1.54) is 19.2 Å². The summed E-state index contributed by atoms with van der Waals surface area (Å²) in [6, 6.07) is 13.1. The highest BCUT2D eigenvalue weighted by Gasteiger charge is 2.15. The molecule has 1 N–H and O–H groups in total. The minimum atomic E-state index is -0.363. The maximum atomic E-state index is 13.1. The standard InChI is InChI=1S/C18H16FN3O2/c1-22-18(24)15-8-3-2-7-14(15)16(21-22)17(23)20-10-9-12-5-4-6-13(19)11-12/h2-8,11H,9-10H2,1H3,(H,20,23). The number of nitrogens with zero attached hydrogens (tertiary/aromatic N) is 2. The summed E-state index contributed by atoms with van der Waals surface area (Å²) in [6.07, 6.45) is 0.507. The first-order valence-electron chi connectivity index (χ1n) is 7.55. The fraction of sp³-hybridized carbons (Fsp3) is 0.167. The van der Waals surface area contributed by atoms with Gasteiger partial charge in [-0.25, -0.2) is 9.07 Å². The molecule has 0 radical (unpaired) electrons. The Morgan fingerprint density at radius 3 is 2.67 bits per heavy atom. The highest BCUT2D eigenvalue weighted by molar-refractivity contribution is 6.04. The molecule has 0 aliphatic rings. The van der Waals surface area contributed by atoms with Crippen molar-refractivity contribution in [3.63, 3.8) is 0 Å². The van der Waals surface area contributed by atoms with Gasteiger partial charge in [0.25, 0.3) is 11.5 Å². The summed E-state index contributed by atoms with van der Waals surface area (Å²) in [5.74, 6) is -0.664. The first kappa shape index (κ1) is 15.9. The third-order valence-electron chi connectivity index (χ3n) is 3.76. The number of hydrogen-bond donors (Lipinski definition) is 1. The Kier molecular flexibility index (Phi) is 4.37. The van der Waals surface area contributed by atoms with Crippen molar-refractivity contribution in [1.82, 2.24) is 15.1 Å². The fourth-order valence-corrected chi connectivity index (χ4v) is 2.56.